The molecule has 0 bridgehead atoms. The maximum Gasteiger partial charge on any atom is 0.247 e. The molecule has 0 radical (unpaired) electrons. The molecular formula is C25H33IN2O8. The van der Waals surface area contributed by atoms with Gasteiger partial charge in [0.25, 0.3) is 0 Å². The van der Waals surface area contributed by atoms with Gasteiger partial charge in [0.15, 0.2) is 11.5 Å². The van der Waals surface area contributed by atoms with Crippen molar-refractivity contribution in [3.63, 3.8) is 0 Å². The number of hydrogen-bond acceptors (Lipinski definition) is 8. The number of carbonyl (C=O) groups excluding carboxylic acids is 3. The topological polar surface area (TPSA) is 135 Å². The van der Waals surface area contributed by atoms with Crippen LogP contribution in [0.1, 0.15) is 36.0 Å². The number of carbonyl (C=O) groups is 3. The van der Waals surface area contributed by atoms with E-state index in [1.54, 1.807) is 24.2 Å². The molecule has 1 aromatic carbocycles. The largest absolute Gasteiger partial charge is 0.493 e. The van der Waals surface area contributed by atoms with Crippen LogP contribution in [-0.4, -0.2) is 92.0 Å². The molecule has 3 atom stereocenters. The van der Waals surface area contributed by atoms with Gasteiger partial charge in [-0.1, -0.05) is 6.42 Å². The van der Waals surface area contributed by atoms with Gasteiger partial charge in [-0.2, -0.15) is 0 Å². The molecule has 0 heterocycles. The molecule has 1 aromatic rings. The van der Waals surface area contributed by atoms with E-state index in [4.69, 9.17) is 19.3 Å². The molecule has 10 nitrogen and oxygen atoms in total. The molecule has 36 heavy (non-hydrogen) atoms. The molecule has 0 saturated heterocycles. The average molecular weight is 616 g/mol. The highest BCUT2D eigenvalue weighted by Gasteiger charge is 2.42. The minimum atomic E-state index is -1.15. The van der Waals surface area contributed by atoms with Crippen LogP contribution in [0.3, 0.4) is 0 Å². The Kier molecular flexibility index (Phi) is 10.5. The van der Waals surface area contributed by atoms with E-state index in [1.165, 1.54) is 13.2 Å². The van der Waals surface area contributed by atoms with Gasteiger partial charge in [0, 0.05) is 43.7 Å². The maximum absolute atomic E-state index is 13.3. The van der Waals surface area contributed by atoms with Crippen LogP contribution in [0.5, 0.6) is 11.5 Å². The molecule has 0 aliphatic heterocycles. The molecule has 198 valence electrons. The number of amides is 2. The van der Waals surface area contributed by atoms with E-state index in [9.17, 15) is 19.5 Å². The second-order valence-corrected chi connectivity index (χ2v) is 9.98. The number of nitrogens with zero attached hydrogens (tertiary/aromatic N) is 1. The van der Waals surface area contributed by atoms with Crippen molar-refractivity contribution in [2.24, 2.45) is 5.92 Å². The van der Waals surface area contributed by atoms with Crippen LogP contribution < -0.4 is 14.8 Å². The zero-order valence-electron chi connectivity index (χ0n) is 20.4. The van der Waals surface area contributed by atoms with Crippen LogP contribution in [-0.2, 0) is 14.3 Å². The van der Waals surface area contributed by atoms with Gasteiger partial charge < -0.3 is 34.6 Å². The second-order valence-electron chi connectivity index (χ2n) is 8.82. The third-order valence-corrected chi connectivity index (χ3v) is 7.33. The van der Waals surface area contributed by atoms with Crippen LogP contribution in [0.2, 0.25) is 0 Å². The first-order chi connectivity index (χ1) is 17.3. The highest BCUT2D eigenvalue weighted by molar-refractivity contribution is 14.1. The van der Waals surface area contributed by atoms with Gasteiger partial charge in [-0.3, -0.25) is 14.4 Å². The zero-order valence-corrected chi connectivity index (χ0v) is 22.6. The first-order valence-corrected chi connectivity index (χ1v) is 13.0. The maximum atomic E-state index is 13.3. The van der Waals surface area contributed by atoms with Gasteiger partial charge in [0.2, 0.25) is 11.8 Å². The van der Waals surface area contributed by atoms with E-state index in [-0.39, 0.29) is 44.5 Å². The lowest BCUT2D eigenvalue weighted by Crippen LogP contribution is -2.57. The van der Waals surface area contributed by atoms with E-state index in [1.807, 2.05) is 22.6 Å². The van der Waals surface area contributed by atoms with Crippen molar-refractivity contribution in [3.8, 4) is 11.5 Å². The molecule has 1 fully saturated rings. The summed E-state index contributed by atoms with van der Waals surface area (Å²) in [5.41, 5.74) is 0.744. The number of aldehydes is 1. The predicted octanol–water partition coefficient (Wildman–Crippen LogP) is 1.30. The summed E-state index contributed by atoms with van der Waals surface area (Å²) in [6.07, 6.45) is 2.80. The Bertz CT molecular complexity index is 981. The van der Waals surface area contributed by atoms with Crippen molar-refractivity contribution in [2.45, 2.75) is 43.9 Å². The number of rotatable bonds is 12. The smallest absolute Gasteiger partial charge is 0.247 e. The van der Waals surface area contributed by atoms with Gasteiger partial charge in [0.1, 0.15) is 18.5 Å². The van der Waals surface area contributed by atoms with Crippen LogP contribution in [0.15, 0.2) is 23.8 Å². The molecule has 2 aliphatic carbocycles. The molecule has 0 unspecified atom stereocenters. The number of methoxy groups -OCH3 is 2. The Morgan fingerprint density at radius 2 is 2.03 bits per heavy atom. The molecule has 0 spiro atoms. The lowest BCUT2D eigenvalue weighted by Gasteiger charge is -2.42. The Morgan fingerprint density at radius 3 is 2.61 bits per heavy atom. The summed E-state index contributed by atoms with van der Waals surface area (Å²) in [4.78, 5) is 39.1. The van der Waals surface area contributed by atoms with Gasteiger partial charge in [-0.05, 0) is 53.6 Å². The molecular weight excluding hydrogens is 583 g/mol. The van der Waals surface area contributed by atoms with E-state index in [0.717, 1.165) is 19.3 Å². The fraction of sp³-hybridized carbons (Fsp3) is 0.560. The Hall–Kier alpha value is -2.22. The van der Waals surface area contributed by atoms with Crippen LogP contribution in [0.25, 0.3) is 0 Å². The van der Waals surface area contributed by atoms with Gasteiger partial charge in [-0.25, -0.2) is 0 Å². The number of hydrogen-bond donors (Lipinski definition) is 3. The predicted molar refractivity (Wildman–Crippen MR) is 139 cm³/mol. The van der Waals surface area contributed by atoms with Crippen molar-refractivity contribution in [1.29, 1.82) is 0 Å². The third kappa shape index (κ3) is 6.55. The van der Waals surface area contributed by atoms with Crippen molar-refractivity contribution >= 4 is 40.7 Å². The molecule has 2 aliphatic rings. The van der Waals surface area contributed by atoms with E-state index < -0.39 is 24.2 Å². The van der Waals surface area contributed by atoms with E-state index in [0.29, 0.717) is 32.5 Å². The standard InChI is InChI=1S/C25H33IN2O8/c1-34-9-7-28(25(33)16-4-3-5-16)19-12-17(24(32)27-6-8-29)13-20(22(19)31)36-23-18(26)10-15(14-30)11-21(23)35-2/h10-11,13-14,16,19-20,22,29,31H,3-9,12H2,1-2H3,(H,27,32)/t19-,20+,22+/m1/s1. The summed E-state index contributed by atoms with van der Waals surface area (Å²) >= 11 is 2.01. The quantitative estimate of drug-likeness (QED) is 0.237. The van der Waals surface area contributed by atoms with Crippen LogP contribution in [0, 0.1) is 9.49 Å². The summed E-state index contributed by atoms with van der Waals surface area (Å²) in [6, 6.07) is 2.43. The molecule has 1 saturated carbocycles. The van der Waals surface area contributed by atoms with E-state index in [2.05, 4.69) is 5.32 Å². The van der Waals surface area contributed by atoms with Crippen molar-refractivity contribution in [3.05, 3.63) is 32.9 Å². The van der Waals surface area contributed by atoms with Crippen molar-refractivity contribution < 1.29 is 38.8 Å². The minimum Gasteiger partial charge on any atom is -0.493 e. The second kappa shape index (κ2) is 13.4. The van der Waals surface area contributed by atoms with Crippen LogP contribution >= 0.6 is 22.6 Å². The van der Waals surface area contributed by atoms with Gasteiger partial charge >= 0.3 is 0 Å². The van der Waals surface area contributed by atoms with Crippen molar-refractivity contribution in [1.82, 2.24) is 10.2 Å². The normalized spacial score (nSPS) is 21.7. The Balaban J connectivity index is 1.97. The van der Waals surface area contributed by atoms with Gasteiger partial charge in [-0.15, -0.1) is 0 Å². The fourth-order valence-corrected chi connectivity index (χ4v) is 5.11. The zero-order chi connectivity index (χ0) is 26.2. The average Bonchev–Trinajstić information content (AvgIpc) is 2.84. The number of benzene rings is 1. The summed E-state index contributed by atoms with van der Waals surface area (Å²) in [7, 11) is 2.99. The summed E-state index contributed by atoms with van der Waals surface area (Å²) < 4.78 is 17.4. The first kappa shape index (κ1) is 28.4. The monoisotopic (exact) mass is 616 g/mol. The van der Waals surface area contributed by atoms with Gasteiger partial charge in [0.05, 0.1) is 29.9 Å². The van der Waals surface area contributed by atoms with Crippen LogP contribution in [0.4, 0.5) is 0 Å². The first-order valence-electron chi connectivity index (χ1n) is 11.9. The van der Waals surface area contributed by atoms with Crippen molar-refractivity contribution in [2.75, 3.05) is 40.5 Å². The lowest BCUT2D eigenvalue weighted by molar-refractivity contribution is -0.146. The number of ether oxygens (including phenoxy) is 3. The SMILES string of the molecule is COCCN(C(=O)C1CCC1)[C@@H]1CC(C(=O)NCCO)=C[C@H](Oc2c(I)cc(C=O)cc2OC)[C@H]1O. The fourth-order valence-electron chi connectivity index (χ4n) is 4.36. The Morgan fingerprint density at radius 1 is 1.28 bits per heavy atom. The Labute approximate surface area is 224 Å². The number of nitrogens with one attached hydrogen (secondary N) is 1. The number of aliphatic hydroxyl groups excluding tert-OH is 2. The summed E-state index contributed by atoms with van der Waals surface area (Å²) in [6.45, 7) is 0.397. The molecule has 3 N–H and O–H groups in total. The third-order valence-electron chi connectivity index (χ3n) is 6.53. The highest BCUT2D eigenvalue weighted by Crippen LogP contribution is 2.37. The molecule has 11 heteroatoms. The van der Waals surface area contributed by atoms with E-state index >= 15 is 0 Å². The number of halogens is 1. The summed E-state index contributed by atoms with van der Waals surface area (Å²) in [5, 5.41) is 23.2. The lowest BCUT2D eigenvalue weighted by atomic mass is 9.82. The minimum absolute atomic E-state index is 0.0689. The molecule has 0 aromatic heterocycles. The molecule has 2 amide bonds. The highest BCUT2D eigenvalue weighted by atomic mass is 127. The summed E-state index contributed by atoms with van der Waals surface area (Å²) in [5.74, 6) is 0.0344. The molecule has 3 rings (SSSR count). The number of aliphatic hydroxyl groups is 2.